The lowest BCUT2D eigenvalue weighted by Crippen LogP contribution is -2.47. The summed E-state index contributed by atoms with van der Waals surface area (Å²) in [4.78, 5) is 30.1. The smallest absolute Gasteiger partial charge is 0.253 e. The third kappa shape index (κ3) is 7.04. The molecule has 1 aliphatic rings. The van der Waals surface area contributed by atoms with E-state index in [-0.39, 0.29) is 17.2 Å². The number of nitrogens with zero attached hydrogens (tertiary/aromatic N) is 2. The lowest BCUT2D eigenvalue weighted by atomic mass is 9.75. The Morgan fingerprint density at radius 2 is 1.65 bits per heavy atom. The monoisotopic (exact) mass is 520 g/mol. The number of hydrogen-bond acceptors (Lipinski definition) is 4. The van der Waals surface area contributed by atoms with Crippen LogP contribution in [-0.2, 0) is 11.3 Å². The molecule has 1 fully saturated rings. The van der Waals surface area contributed by atoms with Crippen molar-refractivity contribution in [3.05, 3.63) is 95.0 Å². The van der Waals surface area contributed by atoms with Crippen molar-refractivity contribution in [2.75, 3.05) is 33.9 Å². The highest BCUT2D eigenvalue weighted by Crippen LogP contribution is 2.37. The van der Waals surface area contributed by atoms with Crippen molar-refractivity contribution in [1.82, 2.24) is 9.80 Å². The molecule has 0 aliphatic carbocycles. The number of carbonyl (C=O) groups is 2. The quantitative estimate of drug-likeness (QED) is 0.363. The van der Waals surface area contributed by atoms with Crippen LogP contribution >= 0.6 is 11.6 Å². The first-order valence-electron chi connectivity index (χ1n) is 12.5. The molecule has 0 bridgehead atoms. The number of halogens is 1. The summed E-state index contributed by atoms with van der Waals surface area (Å²) in [6.07, 6.45) is 1.69. The summed E-state index contributed by atoms with van der Waals surface area (Å²) in [5.41, 5.74) is 1.30. The third-order valence-corrected chi connectivity index (χ3v) is 7.25. The lowest BCUT2D eigenvalue weighted by molar-refractivity contribution is -0.134. The normalized spacial score (nSPS) is 14.6. The topological polar surface area (TPSA) is 59.1 Å². The number of methoxy groups -OCH3 is 1. The molecule has 2 amide bonds. The Hall–Kier alpha value is -3.51. The van der Waals surface area contributed by atoms with E-state index in [4.69, 9.17) is 21.1 Å². The number of ether oxygens (including phenoxy) is 2. The molecule has 0 unspecified atom stereocenters. The van der Waals surface area contributed by atoms with Gasteiger partial charge in [0.25, 0.3) is 5.91 Å². The van der Waals surface area contributed by atoms with E-state index in [0.29, 0.717) is 67.6 Å². The van der Waals surface area contributed by atoms with Gasteiger partial charge >= 0.3 is 0 Å². The molecule has 6 nitrogen and oxygen atoms in total. The molecule has 3 aromatic rings. The summed E-state index contributed by atoms with van der Waals surface area (Å²) in [7, 11) is 3.43. The van der Waals surface area contributed by atoms with Crippen molar-refractivity contribution in [2.24, 2.45) is 5.41 Å². The standard InChI is InChI=1S/C30H33ClN2O4/c1-32(21-23-7-4-3-5-8-23)28(34)20-30(22-37-26-13-11-25(31)12-14-26)15-17-33(18-16-30)29(35)24-9-6-10-27(19-24)36-2/h3-14,19H,15-18,20-22H2,1-2H3. The maximum atomic E-state index is 13.3. The van der Waals surface area contributed by atoms with Crippen molar-refractivity contribution in [3.63, 3.8) is 0 Å². The Morgan fingerprint density at radius 3 is 2.32 bits per heavy atom. The van der Waals surface area contributed by atoms with Gasteiger partial charge in [-0.05, 0) is 60.9 Å². The molecule has 4 rings (SSSR count). The summed E-state index contributed by atoms with van der Waals surface area (Å²) >= 11 is 6.02. The van der Waals surface area contributed by atoms with Crippen molar-refractivity contribution >= 4 is 23.4 Å². The van der Waals surface area contributed by atoms with E-state index in [1.54, 1.807) is 36.3 Å². The Kier molecular flexibility index (Phi) is 8.72. The predicted octanol–water partition coefficient (Wildman–Crippen LogP) is 5.70. The molecule has 0 spiro atoms. The van der Waals surface area contributed by atoms with Crippen molar-refractivity contribution in [1.29, 1.82) is 0 Å². The van der Waals surface area contributed by atoms with Crippen molar-refractivity contribution < 1.29 is 19.1 Å². The van der Waals surface area contributed by atoms with Crippen LogP contribution in [0.5, 0.6) is 11.5 Å². The van der Waals surface area contributed by atoms with E-state index in [2.05, 4.69) is 0 Å². The van der Waals surface area contributed by atoms with Crippen molar-refractivity contribution in [3.8, 4) is 11.5 Å². The molecule has 0 radical (unpaired) electrons. The maximum absolute atomic E-state index is 13.3. The SMILES string of the molecule is COc1cccc(C(=O)N2CCC(COc3ccc(Cl)cc3)(CC(=O)N(C)Cc3ccccc3)CC2)c1. The third-order valence-electron chi connectivity index (χ3n) is 7.00. The van der Waals surface area contributed by atoms with E-state index in [0.717, 1.165) is 5.56 Å². The highest BCUT2D eigenvalue weighted by molar-refractivity contribution is 6.30. The predicted molar refractivity (Wildman–Crippen MR) is 145 cm³/mol. The first-order valence-corrected chi connectivity index (χ1v) is 12.8. The summed E-state index contributed by atoms with van der Waals surface area (Å²) in [5.74, 6) is 1.40. The van der Waals surface area contributed by atoms with Crippen LogP contribution < -0.4 is 9.47 Å². The molecule has 194 valence electrons. The molecule has 0 aromatic heterocycles. The van der Waals surface area contributed by atoms with Gasteiger partial charge < -0.3 is 19.3 Å². The Labute approximate surface area is 223 Å². The van der Waals surface area contributed by atoms with Crippen LogP contribution in [0, 0.1) is 5.41 Å². The molecular formula is C30H33ClN2O4. The van der Waals surface area contributed by atoms with Gasteiger partial charge in [0.05, 0.1) is 13.7 Å². The van der Waals surface area contributed by atoms with E-state index in [1.165, 1.54) is 0 Å². The highest BCUT2D eigenvalue weighted by Gasteiger charge is 2.39. The summed E-state index contributed by atoms with van der Waals surface area (Å²) in [6, 6.07) is 24.4. The van der Waals surface area contributed by atoms with Gasteiger partial charge in [0.2, 0.25) is 5.91 Å². The Bertz CT molecular complexity index is 1190. The zero-order valence-corrected chi connectivity index (χ0v) is 22.1. The van der Waals surface area contributed by atoms with Gasteiger partial charge in [0.15, 0.2) is 0 Å². The minimum atomic E-state index is -0.382. The molecule has 1 heterocycles. The van der Waals surface area contributed by atoms with E-state index in [9.17, 15) is 9.59 Å². The molecule has 7 heteroatoms. The number of benzene rings is 3. The number of piperidine rings is 1. The minimum absolute atomic E-state index is 0.0290. The molecule has 0 atom stereocenters. The fraction of sp³-hybridized carbons (Fsp3) is 0.333. The zero-order chi connectivity index (χ0) is 26.3. The number of amides is 2. The lowest BCUT2D eigenvalue weighted by Gasteiger charge is -2.42. The van der Waals surface area contributed by atoms with Gasteiger partial charge in [-0.3, -0.25) is 9.59 Å². The molecule has 3 aromatic carbocycles. The number of rotatable bonds is 9. The molecular weight excluding hydrogens is 488 g/mol. The first-order chi connectivity index (χ1) is 17.9. The van der Waals surface area contributed by atoms with E-state index in [1.807, 2.05) is 66.5 Å². The zero-order valence-electron chi connectivity index (χ0n) is 21.4. The van der Waals surface area contributed by atoms with Gasteiger partial charge in [-0.1, -0.05) is 48.0 Å². The first kappa shape index (κ1) is 26.6. The van der Waals surface area contributed by atoms with Gasteiger partial charge in [-0.2, -0.15) is 0 Å². The van der Waals surface area contributed by atoms with Crippen LogP contribution in [-0.4, -0.2) is 55.5 Å². The number of hydrogen-bond donors (Lipinski definition) is 0. The Morgan fingerprint density at radius 1 is 0.946 bits per heavy atom. The van der Waals surface area contributed by atoms with Crippen molar-refractivity contribution in [2.45, 2.75) is 25.8 Å². The van der Waals surface area contributed by atoms with E-state index >= 15 is 0 Å². The van der Waals surface area contributed by atoms with Crippen LogP contribution in [0.2, 0.25) is 5.02 Å². The average molecular weight is 521 g/mol. The van der Waals surface area contributed by atoms with Gasteiger partial charge in [0, 0.05) is 49.1 Å². The average Bonchev–Trinajstić information content (AvgIpc) is 2.93. The van der Waals surface area contributed by atoms with Crippen LogP contribution in [0.1, 0.15) is 35.2 Å². The summed E-state index contributed by atoms with van der Waals surface area (Å²) in [6.45, 7) is 2.04. The largest absolute Gasteiger partial charge is 0.497 e. The second-order valence-electron chi connectivity index (χ2n) is 9.68. The molecule has 0 N–H and O–H groups in total. The fourth-order valence-corrected chi connectivity index (χ4v) is 4.79. The molecule has 1 aliphatic heterocycles. The van der Waals surface area contributed by atoms with Crippen LogP contribution in [0.3, 0.4) is 0 Å². The number of likely N-dealkylation sites (tertiary alicyclic amines) is 1. The minimum Gasteiger partial charge on any atom is -0.497 e. The molecule has 1 saturated heterocycles. The molecule has 37 heavy (non-hydrogen) atoms. The second kappa shape index (κ2) is 12.2. The second-order valence-corrected chi connectivity index (χ2v) is 10.1. The molecule has 0 saturated carbocycles. The van der Waals surface area contributed by atoms with E-state index < -0.39 is 0 Å². The van der Waals surface area contributed by atoms with Gasteiger partial charge in [-0.25, -0.2) is 0 Å². The summed E-state index contributed by atoms with van der Waals surface area (Å²) in [5, 5.41) is 0.643. The van der Waals surface area contributed by atoms with Crippen LogP contribution in [0.25, 0.3) is 0 Å². The highest BCUT2D eigenvalue weighted by atomic mass is 35.5. The van der Waals surface area contributed by atoms with Gasteiger partial charge in [-0.15, -0.1) is 0 Å². The van der Waals surface area contributed by atoms with Gasteiger partial charge in [0.1, 0.15) is 11.5 Å². The number of carbonyl (C=O) groups excluding carboxylic acids is 2. The summed E-state index contributed by atoms with van der Waals surface area (Å²) < 4.78 is 11.4. The maximum Gasteiger partial charge on any atom is 0.253 e. The van der Waals surface area contributed by atoms with Crippen LogP contribution in [0.15, 0.2) is 78.9 Å². The Balaban J connectivity index is 1.45. The van der Waals surface area contributed by atoms with Crippen LogP contribution in [0.4, 0.5) is 0 Å². The fourth-order valence-electron chi connectivity index (χ4n) is 4.66.